The van der Waals surface area contributed by atoms with Crippen LogP contribution in [0.3, 0.4) is 0 Å². The van der Waals surface area contributed by atoms with Gasteiger partial charge < -0.3 is 19.3 Å². The molecule has 0 aromatic heterocycles. The van der Waals surface area contributed by atoms with Crippen molar-refractivity contribution in [1.29, 1.82) is 0 Å². The minimum absolute atomic E-state index is 0.274. The average molecular weight is 291 g/mol. The molecule has 0 atom stereocenters. The van der Waals surface area contributed by atoms with Crippen LogP contribution in [-0.4, -0.2) is 31.9 Å². The molecule has 6 heteroatoms. The predicted molar refractivity (Wildman–Crippen MR) is 60.4 cm³/mol. The first-order chi connectivity index (χ1) is 7.58. The lowest BCUT2D eigenvalue weighted by atomic mass is 10.3. The van der Waals surface area contributed by atoms with Gasteiger partial charge in [0.2, 0.25) is 5.75 Å². The van der Waals surface area contributed by atoms with E-state index in [1.807, 2.05) is 0 Å². The van der Waals surface area contributed by atoms with Crippen molar-refractivity contribution in [2.75, 3.05) is 20.8 Å². The van der Waals surface area contributed by atoms with Crippen molar-refractivity contribution in [1.82, 2.24) is 0 Å². The second-order valence-electron chi connectivity index (χ2n) is 2.82. The average Bonchev–Trinajstić information content (AvgIpc) is 2.25. The maximum absolute atomic E-state index is 10.4. The summed E-state index contributed by atoms with van der Waals surface area (Å²) in [6.45, 7) is -0.450. The number of ether oxygens (including phenoxy) is 3. The van der Waals surface area contributed by atoms with E-state index in [2.05, 4.69) is 15.9 Å². The van der Waals surface area contributed by atoms with E-state index in [-0.39, 0.29) is 5.75 Å². The van der Waals surface area contributed by atoms with Gasteiger partial charge >= 0.3 is 5.97 Å². The molecule has 0 saturated carbocycles. The quantitative estimate of drug-likeness (QED) is 0.898. The molecule has 88 valence electrons. The second kappa shape index (κ2) is 5.60. The summed E-state index contributed by atoms with van der Waals surface area (Å²) in [6, 6.07) is 3.33. The van der Waals surface area contributed by atoms with E-state index >= 15 is 0 Å². The van der Waals surface area contributed by atoms with Gasteiger partial charge in [-0.15, -0.1) is 0 Å². The number of rotatable bonds is 5. The molecule has 0 bridgehead atoms. The zero-order valence-electron chi connectivity index (χ0n) is 8.82. The van der Waals surface area contributed by atoms with E-state index in [1.165, 1.54) is 14.2 Å². The number of carbonyl (C=O) groups is 1. The monoisotopic (exact) mass is 290 g/mol. The summed E-state index contributed by atoms with van der Waals surface area (Å²) in [5.41, 5.74) is 0. The Labute approximate surface area is 101 Å². The predicted octanol–water partition coefficient (Wildman–Crippen LogP) is 1.93. The molecule has 0 aliphatic heterocycles. The Bertz CT molecular complexity index is 366. The molecule has 0 amide bonds. The van der Waals surface area contributed by atoms with Crippen molar-refractivity contribution in [2.45, 2.75) is 0 Å². The molecule has 1 aromatic carbocycles. The van der Waals surface area contributed by atoms with Crippen LogP contribution < -0.4 is 14.2 Å². The van der Waals surface area contributed by atoms with E-state index in [9.17, 15) is 4.79 Å². The van der Waals surface area contributed by atoms with Gasteiger partial charge in [-0.2, -0.15) is 0 Å². The SMILES string of the molecule is COc1cc(Br)cc(OC)c1OCC(=O)O. The van der Waals surface area contributed by atoms with Gasteiger partial charge in [0.05, 0.1) is 14.2 Å². The van der Waals surface area contributed by atoms with Crippen molar-refractivity contribution < 1.29 is 24.1 Å². The van der Waals surface area contributed by atoms with Gasteiger partial charge in [0.1, 0.15) is 0 Å². The molecule has 0 saturated heterocycles. The highest BCUT2D eigenvalue weighted by Crippen LogP contribution is 2.39. The van der Waals surface area contributed by atoms with Crippen LogP contribution in [0.5, 0.6) is 17.2 Å². The summed E-state index contributed by atoms with van der Waals surface area (Å²) >= 11 is 3.28. The summed E-state index contributed by atoms with van der Waals surface area (Å²) in [4.78, 5) is 10.4. The zero-order chi connectivity index (χ0) is 12.1. The molecular formula is C10H11BrO5. The first kappa shape index (κ1) is 12.6. The van der Waals surface area contributed by atoms with Crippen LogP contribution in [0.2, 0.25) is 0 Å². The smallest absolute Gasteiger partial charge is 0.341 e. The van der Waals surface area contributed by atoms with Crippen LogP contribution in [0.25, 0.3) is 0 Å². The number of hydrogen-bond donors (Lipinski definition) is 1. The highest BCUT2D eigenvalue weighted by Gasteiger charge is 2.14. The Balaban J connectivity index is 3.06. The largest absolute Gasteiger partial charge is 0.493 e. The number of halogens is 1. The standard InChI is InChI=1S/C10H11BrO5/c1-14-7-3-6(11)4-8(15-2)10(7)16-5-9(12)13/h3-4H,5H2,1-2H3,(H,12,13). The Kier molecular flexibility index (Phi) is 4.42. The van der Waals surface area contributed by atoms with E-state index in [0.717, 1.165) is 4.47 Å². The third-order valence-corrected chi connectivity index (χ3v) is 2.22. The third kappa shape index (κ3) is 3.03. The molecule has 0 unspecified atom stereocenters. The lowest BCUT2D eigenvalue weighted by molar-refractivity contribution is -0.139. The molecule has 0 aliphatic rings. The van der Waals surface area contributed by atoms with Crippen molar-refractivity contribution >= 4 is 21.9 Å². The fourth-order valence-electron chi connectivity index (χ4n) is 1.12. The minimum Gasteiger partial charge on any atom is -0.493 e. The summed E-state index contributed by atoms with van der Waals surface area (Å²) < 4.78 is 16.0. The molecule has 0 aliphatic carbocycles. The lowest BCUT2D eigenvalue weighted by Gasteiger charge is -2.13. The molecule has 0 radical (unpaired) electrons. The van der Waals surface area contributed by atoms with Crippen LogP contribution in [-0.2, 0) is 4.79 Å². The molecule has 0 spiro atoms. The number of aliphatic carboxylic acids is 1. The number of carboxylic acids is 1. The Hall–Kier alpha value is -1.43. The highest BCUT2D eigenvalue weighted by atomic mass is 79.9. The van der Waals surface area contributed by atoms with Gasteiger partial charge in [-0.1, -0.05) is 15.9 Å². The topological polar surface area (TPSA) is 65.0 Å². The number of benzene rings is 1. The zero-order valence-corrected chi connectivity index (χ0v) is 10.4. The maximum Gasteiger partial charge on any atom is 0.341 e. The molecule has 1 rings (SSSR count). The molecule has 0 fully saturated rings. The molecule has 1 N–H and O–H groups in total. The molecule has 16 heavy (non-hydrogen) atoms. The minimum atomic E-state index is -1.06. The first-order valence-corrected chi connectivity index (χ1v) is 5.14. The lowest BCUT2D eigenvalue weighted by Crippen LogP contribution is -2.10. The summed E-state index contributed by atoms with van der Waals surface area (Å²) in [5.74, 6) is 0.0302. The molecule has 0 heterocycles. The first-order valence-electron chi connectivity index (χ1n) is 4.34. The number of carboxylic acid groups (broad SMARTS) is 1. The van der Waals surface area contributed by atoms with Crippen molar-refractivity contribution in [2.24, 2.45) is 0 Å². The maximum atomic E-state index is 10.4. The van der Waals surface area contributed by atoms with E-state index in [1.54, 1.807) is 12.1 Å². The molecule has 5 nitrogen and oxygen atoms in total. The van der Waals surface area contributed by atoms with Gasteiger partial charge in [0.25, 0.3) is 0 Å². The summed E-state index contributed by atoms with van der Waals surface area (Å²) in [5, 5.41) is 8.54. The van der Waals surface area contributed by atoms with Gasteiger partial charge in [-0.3, -0.25) is 0 Å². The number of methoxy groups -OCH3 is 2. The number of hydrogen-bond acceptors (Lipinski definition) is 4. The van der Waals surface area contributed by atoms with Gasteiger partial charge in [-0.25, -0.2) is 4.79 Å². The fourth-order valence-corrected chi connectivity index (χ4v) is 1.54. The Morgan fingerprint density at radius 2 is 1.81 bits per heavy atom. The fraction of sp³-hybridized carbons (Fsp3) is 0.300. The van der Waals surface area contributed by atoms with Crippen LogP contribution in [0, 0.1) is 0 Å². The van der Waals surface area contributed by atoms with Crippen molar-refractivity contribution in [3.8, 4) is 17.2 Å². The van der Waals surface area contributed by atoms with Gasteiger partial charge in [-0.05, 0) is 12.1 Å². The van der Waals surface area contributed by atoms with Gasteiger partial charge in [0.15, 0.2) is 18.1 Å². The van der Waals surface area contributed by atoms with Crippen LogP contribution in [0.15, 0.2) is 16.6 Å². The molecular weight excluding hydrogens is 280 g/mol. The Morgan fingerprint density at radius 3 is 2.19 bits per heavy atom. The Morgan fingerprint density at radius 1 is 1.31 bits per heavy atom. The normalized spacial score (nSPS) is 9.69. The van der Waals surface area contributed by atoms with E-state index in [4.69, 9.17) is 19.3 Å². The summed E-state index contributed by atoms with van der Waals surface area (Å²) in [6.07, 6.45) is 0. The second-order valence-corrected chi connectivity index (χ2v) is 3.74. The van der Waals surface area contributed by atoms with E-state index in [0.29, 0.717) is 11.5 Å². The summed E-state index contributed by atoms with van der Waals surface area (Å²) in [7, 11) is 2.93. The van der Waals surface area contributed by atoms with E-state index < -0.39 is 12.6 Å². The van der Waals surface area contributed by atoms with Crippen LogP contribution in [0.4, 0.5) is 0 Å². The van der Waals surface area contributed by atoms with Crippen LogP contribution >= 0.6 is 15.9 Å². The van der Waals surface area contributed by atoms with Crippen LogP contribution in [0.1, 0.15) is 0 Å². The van der Waals surface area contributed by atoms with Crippen molar-refractivity contribution in [3.05, 3.63) is 16.6 Å². The highest BCUT2D eigenvalue weighted by molar-refractivity contribution is 9.10. The third-order valence-electron chi connectivity index (χ3n) is 1.77. The molecule has 1 aromatic rings. The van der Waals surface area contributed by atoms with Gasteiger partial charge in [0, 0.05) is 4.47 Å². The van der Waals surface area contributed by atoms with Crippen molar-refractivity contribution in [3.63, 3.8) is 0 Å².